The minimum absolute atomic E-state index is 0.841. The lowest BCUT2D eigenvalue weighted by atomic mass is 10.0. The third-order valence-electron chi connectivity index (χ3n) is 3.60. The molecule has 0 radical (unpaired) electrons. The van der Waals surface area contributed by atoms with Crippen LogP contribution >= 0.6 is 11.6 Å². The molecule has 112 valence electrons. The van der Waals surface area contributed by atoms with Gasteiger partial charge in [0.1, 0.15) is 0 Å². The Balaban J connectivity index is 2.02. The largest absolute Gasteiger partial charge is 0.319 e. The van der Waals surface area contributed by atoms with E-state index in [4.69, 9.17) is 11.6 Å². The summed E-state index contributed by atoms with van der Waals surface area (Å²) in [6.45, 7) is 2.80. The van der Waals surface area contributed by atoms with Crippen molar-refractivity contribution in [2.75, 3.05) is 20.6 Å². The Morgan fingerprint density at radius 1 is 0.905 bits per heavy atom. The maximum absolute atomic E-state index is 6.24. The molecule has 0 spiro atoms. The van der Waals surface area contributed by atoms with E-state index in [-0.39, 0.29) is 0 Å². The number of halogens is 1. The summed E-state index contributed by atoms with van der Waals surface area (Å²) in [5.41, 5.74) is 3.98. The van der Waals surface area contributed by atoms with Crippen molar-refractivity contribution in [3.05, 3.63) is 70.2 Å². The Morgan fingerprint density at radius 2 is 1.48 bits per heavy atom. The summed E-state index contributed by atoms with van der Waals surface area (Å²) >= 11 is 6.24. The van der Waals surface area contributed by atoms with E-state index in [0.29, 0.717) is 0 Å². The number of likely N-dealkylation sites (N-methyl/N-ethyl adjacent to an activating group) is 1. The van der Waals surface area contributed by atoms with Gasteiger partial charge in [-0.2, -0.15) is 0 Å². The summed E-state index contributed by atoms with van der Waals surface area (Å²) in [5, 5.41) is 4.05. The van der Waals surface area contributed by atoms with Gasteiger partial charge in [-0.3, -0.25) is 4.90 Å². The second-order valence-corrected chi connectivity index (χ2v) is 5.79. The van der Waals surface area contributed by atoms with Gasteiger partial charge in [-0.15, -0.1) is 0 Å². The highest BCUT2D eigenvalue weighted by molar-refractivity contribution is 6.31. The average Bonchev–Trinajstić information content (AvgIpc) is 2.49. The zero-order valence-corrected chi connectivity index (χ0v) is 13.5. The maximum atomic E-state index is 6.24. The summed E-state index contributed by atoms with van der Waals surface area (Å²) in [6.07, 6.45) is 1.06. The van der Waals surface area contributed by atoms with Crippen LogP contribution in [-0.4, -0.2) is 25.5 Å². The van der Waals surface area contributed by atoms with E-state index in [0.717, 1.165) is 31.1 Å². The van der Waals surface area contributed by atoms with E-state index in [1.807, 2.05) is 25.2 Å². The van der Waals surface area contributed by atoms with Crippen molar-refractivity contribution in [3.8, 4) is 0 Å². The second kappa shape index (κ2) is 8.18. The van der Waals surface area contributed by atoms with Crippen molar-refractivity contribution in [2.24, 2.45) is 0 Å². The molecule has 0 atom stereocenters. The Morgan fingerprint density at radius 3 is 2.14 bits per heavy atom. The number of hydrogen-bond donors (Lipinski definition) is 1. The summed E-state index contributed by atoms with van der Waals surface area (Å²) in [5.74, 6) is 0. The average molecular weight is 303 g/mol. The van der Waals surface area contributed by atoms with Gasteiger partial charge >= 0.3 is 0 Å². The predicted molar refractivity (Wildman–Crippen MR) is 90.7 cm³/mol. The van der Waals surface area contributed by atoms with Crippen LogP contribution < -0.4 is 5.32 Å². The quantitative estimate of drug-likeness (QED) is 0.838. The Labute approximate surface area is 132 Å². The highest BCUT2D eigenvalue weighted by Crippen LogP contribution is 2.18. The molecule has 0 heterocycles. The molecule has 0 aliphatic carbocycles. The number of benzene rings is 2. The molecule has 0 aliphatic rings. The summed E-state index contributed by atoms with van der Waals surface area (Å²) in [6, 6.07) is 16.7. The summed E-state index contributed by atoms with van der Waals surface area (Å²) in [4.78, 5) is 2.30. The second-order valence-electron chi connectivity index (χ2n) is 5.39. The Bertz CT molecular complexity index is 569. The molecule has 0 aliphatic heterocycles. The van der Waals surface area contributed by atoms with Crippen LogP contribution in [0.25, 0.3) is 0 Å². The van der Waals surface area contributed by atoms with Crippen LogP contribution in [0.1, 0.15) is 16.7 Å². The fourth-order valence-corrected chi connectivity index (χ4v) is 2.67. The highest BCUT2D eigenvalue weighted by atomic mass is 35.5. The predicted octanol–water partition coefficient (Wildman–Crippen LogP) is 3.73. The molecule has 2 aromatic carbocycles. The number of rotatable bonds is 7. The van der Waals surface area contributed by atoms with E-state index in [1.54, 1.807) is 0 Å². The van der Waals surface area contributed by atoms with Gasteiger partial charge in [-0.1, -0.05) is 54.1 Å². The lowest BCUT2D eigenvalue weighted by Crippen LogP contribution is -2.19. The molecule has 21 heavy (non-hydrogen) atoms. The third kappa shape index (κ3) is 4.85. The molecular formula is C18H23ClN2. The number of nitrogens with one attached hydrogen (secondary N) is 1. The summed E-state index contributed by atoms with van der Waals surface area (Å²) in [7, 11) is 4.13. The van der Waals surface area contributed by atoms with Crippen LogP contribution in [0.15, 0.2) is 48.5 Å². The van der Waals surface area contributed by atoms with Crippen LogP contribution in [0.5, 0.6) is 0 Å². The van der Waals surface area contributed by atoms with E-state index in [1.165, 1.54) is 16.7 Å². The first kappa shape index (κ1) is 16.0. The lowest BCUT2D eigenvalue weighted by molar-refractivity contribution is 0.318. The van der Waals surface area contributed by atoms with Crippen LogP contribution in [0, 0.1) is 0 Å². The van der Waals surface area contributed by atoms with Crippen LogP contribution in [-0.2, 0) is 19.5 Å². The monoisotopic (exact) mass is 302 g/mol. The summed E-state index contributed by atoms with van der Waals surface area (Å²) < 4.78 is 0. The fourth-order valence-electron chi connectivity index (χ4n) is 2.48. The first-order chi connectivity index (χ1) is 10.2. The Hall–Kier alpha value is -1.35. The van der Waals surface area contributed by atoms with Gasteiger partial charge in [0.25, 0.3) is 0 Å². The molecule has 0 saturated heterocycles. The maximum Gasteiger partial charge on any atom is 0.0451 e. The van der Waals surface area contributed by atoms with E-state index in [9.17, 15) is 0 Å². The first-order valence-electron chi connectivity index (χ1n) is 7.34. The van der Waals surface area contributed by atoms with Gasteiger partial charge in [0.2, 0.25) is 0 Å². The molecule has 3 heteroatoms. The van der Waals surface area contributed by atoms with E-state index in [2.05, 4.69) is 47.6 Å². The minimum Gasteiger partial charge on any atom is -0.319 e. The minimum atomic E-state index is 0.841. The van der Waals surface area contributed by atoms with Gasteiger partial charge < -0.3 is 5.32 Å². The van der Waals surface area contributed by atoms with Gasteiger partial charge in [0, 0.05) is 18.1 Å². The molecule has 2 nitrogen and oxygen atoms in total. The molecule has 2 rings (SSSR count). The fraction of sp³-hybridized carbons (Fsp3) is 0.333. The van der Waals surface area contributed by atoms with Crippen LogP contribution in [0.3, 0.4) is 0 Å². The lowest BCUT2D eigenvalue weighted by Gasteiger charge is -2.19. The SMILES string of the molecule is CNCCc1ccccc1CN(C)Cc1ccccc1Cl. The number of hydrogen-bond acceptors (Lipinski definition) is 2. The first-order valence-corrected chi connectivity index (χ1v) is 7.72. The molecule has 0 saturated carbocycles. The third-order valence-corrected chi connectivity index (χ3v) is 3.97. The highest BCUT2D eigenvalue weighted by Gasteiger charge is 2.07. The molecule has 1 N–H and O–H groups in total. The topological polar surface area (TPSA) is 15.3 Å². The van der Waals surface area contributed by atoms with Gasteiger partial charge in [-0.25, -0.2) is 0 Å². The van der Waals surface area contributed by atoms with Crippen molar-refractivity contribution in [1.82, 2.24) is 10.2 Å². The van der Waals surface area contributed by atoms with Gasteiger partial charge in [0.15, 0.2) is 0 Å². The Kier molecular flexibility index (Phi) is 6.24. The molecule has 0 unspecified atom stereocenters. The van der Waals surface area contributed by atoms with Crippen molar-refractivity contribution in [2.45, 2.75) is 19.5 Å². The van der Waals surface area contributed by atoms with Crippen molar-refractivity contribution < 1.29 is 0 Å². The molecular weight excluding hydrogens is 280 g/mol. The standard InChI is InChI=1S/C18H23ClN2/c1-20-12-11-15-7-3-4-8-16(15)13-21(2)14-17-9-5-6-10-18(17)19/h3-10,20H,11-14H2,1-2H3. The van der Waals surface area contributed by atoms with Crippen molar-refractivity contribution in [3.63, 3.8) is 0 Å². The molecule has 0 amide bonds. The van der Waals surface area contributed by atoms with Crippen molar-refractivity contribution in [1.29, 1.82) is 0 Å². The normalized spacial score (nSPS) is 11.0. The molecule has 2 aromatic rings. The number of nitrogens with zero attached hydrogens (tertiary/aromatic N) is 1. The van der Waals surface area contributed by atoms with Gasteiger partial charge in [0.05, 0.1) is 0 Å². The van der Waals surface area contributed by atoms with Crippen molar-refractivity contribution >= 4 is 11.6 Å². The molecule has 0 fully saturated rings. The van der Waals surface area contributed by atoms with Gasteiger partial charge in [-0.05, 0) is 49.8 Å². The zero-order chi connectivity index (χ0) is 15.1. The smallest absolute Gasteiger partial charge is 0.0451 e. The zero-order valence-electron chi connectivity index (χ0n) is 12.8. The van der Waals surface area contributed by atoms with E-state index >= 15 is 0 Å². The van der Waals surface area contributed by atoms with Crippen LogP contribution in [0.2, 0.25) is 5.02 Å². The van der Waals surface area contributed by atoms with E-state index < -0.39 is 0 Å². The molecule has 0 aromatic heterocycles. The van der Waals surface area contributed by atoms with Crippen LogP contribution in [0.4, 0.5) is 0 Å². The molecule has 0 bridgehead atoms.